The Balaban J connectivity index is 1.71. The molecule has 1 amide bonds. The lowest BCUT2D eigenvalue weighted by Crippen LogP contribution is -2.24. The summed E-state index contributed by atoms with van der Waals surface area (Å²) < 4.78 is 1.59. The van der Waals surface area contributed by atoms with E-state index in [9.17, 15) is 9.90 Å². The van der Waals surface area contributed by atoms with Crippen molar-refractivity contribution in [2.24, 2.45) is 0 Å². The van der Waals surface area contributed by atoms with E-state index in [0.29, 0.717) is 18.1 Å². The number of pyridine rings is 1. The van der Waals surface area contributed by atoms with Crippen molar-refractivity contribution in [3.63, 3.8) is 0 Å². The van der Waals surface area contributed by atoms with Gasteiger partial charge in [-0.2, -0.15) is 5.10 Å². The van der Waals surface area contributed by atoms with Gasteiger partial charge in [-0.05, 0) is 35.9 Å². The van der Waals surface area contributed by atoms with Gasteiger partial charge in [0.05, 0.1) is 0 Å². The smallest absolute Gasteiger partial charge is 0.270 e. The highest BCUT2D eigenvalue weighted by Gasteiger charge is 2.08. The van der Waals surface area contributed by atoms with Gasteiger partial charge in [-0.15, -0.1) is 0 Å². The second-order valence-electron chi connectivity index (χ2n) is 4.68. The summed E-state index contributed by atoms with van der Waals surface area (Å²) in [5.74, 6) is 0.470. The van der Waals surface area contributed by atoms with Crippen LogP contribution in [0.5, 0.6) is 5.75 Å². The molecule has 0 spiro atoms. The van der Waals surface area contributed by atoms with Crippen LogP contribution in [0.1, 0.15) is 16.1 Å². The Morgan fingerprint density at radius 2 is 2.05 bits per heavy atom. The average molecular weight is 294 g/mol. The fourth-order valence-electron chi connectivity index (χ4n) is 2.02. The zero-order valence-corrected chi connectivity index (χ0v) is 11.7. The van der Waals surface area contributed by atoms with E-state index in [1.165, 1.54) is 0 Å². The largest absolute Gasteiger partial charge is 0.508 e. The standard InChI is InChI=1S/C16H14N4O2/c21-13-5-1-4-12(10-13)11-17-16(22)14-6-2-7-15(19-14)20-9-3-8-18-20/h1-10,21H,11H2,(H,17,22). The third-order valence-corrected chi connectivity index (χ3v) is 3.07. The van der Waals surface area contributed by atoms with E-state index in [2.05, 4.69) is 15.4 Å². The normalized spacial score (nSPS) is 10.4. The maximum atomic E-state index is 12.2. The molecule has 6 nitrogen and oxygen atoms in total. The first kappa shape index (κ1) is 13.8. The molecule has 0 aliphatic rings. The van der Waals surface area contributed by atoms with Gasteiger partial charge < -0.3 is 10.4 Å². The SMILES string of the molecule is O=C(NCc1cccc(O)c1)c1cccc(-n2cccn2)n1. The minimum atomic E-state index is -0.280. The third-order valence-electron chi connectivity index (χ3n) is 3.07. The van der Waals surface area contributed by atoms with Crippen molar-refractivity contribution >= 4 is 5.91 Å². The predicted molar refractivity (Wildman–Crippen MR) is 80.6 cm³/mol. The summed E-state index contributed by atoms with van der Waals surface area (Å²) >= 11 is 0. The van der Waals surface area contributed by atoms with Crippen molar-refractivity contribution in [1.29, 1.82) is 0 Å². The molecular weight excluding hydrogens is 280 g/mol. The molecule has 0 saturated heterocycles. The second kappa shape index (κ2) is 6.09. The molecule has 0 saturated carbocycles. The van der Waals surface area contributed by atoms with Crippen molar-refractivity contribution in [3.8, 4) is 11.6 Å². The highest BCUT2D eigenvalue weighted by Crippen LogP contribution is 2.11. The number of aromatic nitrogens is 3. The van der Waals surface area contributed by atoms with Crippen LogP contribution in [0.25, 0.3) is 5.82 Å². The van der Waals surface area contributed by atoms with E-state index in [1.54, 1.807) is 59.5 Å². The highest BCUT2D eigenvalue weighted by molar-refractivity contribution is 5.92. The number of phenols is 1. The molecule has 2 heterocycles. The maximum Gasteiger partial charge on any atom is 0.270 e. The molecule has 0 aliphatic heterocycles. The van der Waals surface area contributed by atoms with Gasteiger partial charge in [0.25, 0.3) is 5.91 Å². The summed E-state index contributed by atoms with van der Waals surface area (Å²) in [7, 11) is 0. The number of rotatable bonds is 4. The minimum Gasteiger partial charge on any atom is -0.508 e. The minimum absolute atomic E-state index is 0.172. The Kier molecular flexibility index (Phi) is 3.82. The van der Waals surface area contributed by atoms with Crippen molar-refractivity contribution in [3.05, 3.63) is 72.2 Å². The van der Waals surface area contributed by atoms with Crippen LogP contribution in [0, 0.1) is 0 Å². The molecule has 0 fully saturated rings. The Morgan fingerprint density at radius 1 is 1.18 bits per heavy atom. The molecule has 3 aromatic rings. The molecule has 0 unspecified atom stereocenters. The molecule has 2 N–H and O–H groups in total. The molecule has 0 bridgehead atoms. The van der Waals surface area contributed by atoms with Crippen molar-refractivity contribution in [2.75, 3.05) is 0 Å². The van der Waals surface area contributed by atoms with Crippen molar-refractivity contribution in [2.45, 2.75) is 6.54 Å². The number of carbonyl (C=O) groups is 1. The molecule has 0 radical (unpaired) electrons. The molecule has 110 valence electrons. The van der Waals surface area contributed by atoms with Crippen molar-refractivity contribution in [1.82, 2.24) is 20.1 Å². The average Bonchev–Trinajstić information content (AvgIpc) is 3.07. The van der Waals surface area contributed by atoms with Crippen molar-refractivity contribution < 1.29 is 9.90 Å². The lowest BCUT2D eigenvalue weighted by Gasteiger charge is -2.07. The van der Waals surface area contributed by atoms with E-state index in [1.807, 2.05) is 6.07 Å². The topological polar surface area (TPSA) is 80.0 Å². The maximum absolute atomic E-state index is 12.2. The number of carbonyl (C=O) groups excluding carboxylic acids is 1. The number of hydrogen-bond donors (Lipinski definition) is 2. The quantitative estimate of drug-likeness (QED) is 0.770. The summed E-state index contributed by atoms with van der Waals surface area (Å²) in [5.41, 5.74) is 1.13. The summed E-state index contributed by atoms with van der Waals surface area (Å²) in [6.07, 6.45) is 3.41. The zero-order chi connectivity index (χ0) is 15.4. The fourth-order valence-corrected chi connectivity index (χ4v) is 2.02. The van der Waals surface area contributed by atoms with Crippen LogP contribution in [-0.4, -0.2) is 25.8 Å². The lowest BCUT2D eigenvalue weighted by atomic mass is 10.2. The number of hydrogen-bond acceptors (Lipinski definition) is 4. The predicted octanol–water partition coefficient (Wildman–Crippen LogP) is 1.90. The van der Waals surface area contributed by atoms with Gasteiger partial charge in [0, 0.05) is 18.9 Å². The Labute approximate surface area is 127 Å². The first-order chi connectivity index (χ1) is 10.7. The first-order valence-corrected chi connectivity index (χ1v) is 6.75. The zero-order valence-electron chi connectivity index (χ0n) is 11.7. The van der Waals surface area contributed by atoms with Gasteiger partial charge in [-0.3, -0.25) is 4.79 Å². The van der Waals surface area contributed by atoms with E-state index in [4.69, 9.17) is 0 Å². The van der Waals surface area contributed by atoms with Gasteiger partial charge >= 0.3 is 0 Å². The molecule has 6 heteroatoms. The Hall–Kier alpha value is -3.15. The van der Waals surface area contributed by atoms with Gasteiger partial charge in [-0.25, -0.2) is 9.67 Å². The molecular formula is C16H14N4O2. The van der Waals surface area contributed by atoms with Crippen LogP contribution >= 0.6 is 0 Å². The highest BCUT2D eigenvalue weighted by atomic mass is 16.3. The molecule has 2 aromatic heterocycles. The van der Waals surface area contributed by atoms with Crippen LogP contribution in [0.2, 0.25) is 0 Å². The van der Waals surface area contributed by atoms with Gasteiger partial charge in [0.2, 0.25) is 0 Å². The summed E-state index contributed by atoms with van der Waals surface area (Å²) in [6, 6.07) is 13.7. The summed E-state index contributed by atoms with van der Waals surface area (Å²) in [6.45, 7) is 0.320. The molecule has 1 aromatic carbocycles. The van der Waals surface area contributed by atoms with Gasteiger partial charge in [-0.1, -0.05) is 18.2 Å². The number of phenolic OH excluding ortho intramolecular Hbond substituents is 1. The van der Waals surface area contributed by atoms with Crippen LogP contribution in [0.3, 0.4) is 0 Å². The molecule has 0 atom stereocenters. The van der Waals surface area contributed by atoms with Gasteiger partial charge in [0.15, 0.2) is 5.82 Å². The van der Waals surface area contributed by atoms with E-state index >= 15 is 0 Å². The molecule has 22 heavy (non-hydrogen) atoms. The van der Waals surface area contributed by atoms with Crippen LogP contribution in [0.15, 0.2) is 60.9 Å². The molecule has 3 rings (SSSR count). The number of benzene rings is 1. The number of nitrogens with zero attached hydrogens (tertiary/aromatic N) is 3. The van der Waals surface area contributed by atoms with E-state index in [-0.39, 0.29) is 11.7 Å². The summed E-state index contributed by atoms with van der Waals surface area (Å²) in [4.78, 5) is 16.4. The fraction of sp³-hybridized carbons (Fsp3) is 0.0625. The van der Waals surface area contributed by atoms with Crippen LogP contribution in [0.4, 0.5) is 0 Å². The number of amides is 1. The van der Waals surface area contributed by atoms with E-state index in [0.717, 1.165) is 5.56 Å². The van der Waals surface area contributed by atoms with Crippen LogP contribution in [-0.2, 0) is 6.54 Å². The monoisotopic (exact) mass is 294 g/mol. The third kappa shape index (κ3) is 3.12. The Morgan fingerprint density at radius 3 is 2.82 bits per heavy atom. The number of nitrogens with one attached hydrogen (secondary N) is 1. The Bertz CT molecular complexity index is 784. The number of aromatic hydroxyl groups is 1. The lowest BCUT2D eigenvalue weighted by molar-refractivity contribution is 0.0946. The van der Waals surface area contributed by atoms with Gasteiger partial charge in [0.1, 0.15) is 11.4 Å². The summed E-state index contributed by atoms with van der Waals surface area (Å²) in [5, 5.41) is 16.3. The molecule has 0 aliphatic carbocycles. The van der Waals surface area contributed by atoms with Crippen LogP contribution < -0.4 is 5.32 Å². The van der Waals surface area contributed by atoms with E-state index < -0.39 is 0 Å². The first-order valence-electron chi connectivity index (χ1n) is 6.75. The second-order valence-corrected chi connectivity index (χ2v) is 4.68.